The third-order valence-electron chi connectivity index (χ3n) is 3.77. The van der Waals surface area contributed by atoms with Crippen LogP contribution in [0.25, 0.3) is 0 Å². The first-order valence-corrected chi connectivity index (χ1v) is 7.75. The number of pyridine rings is 1. The molecular weight excluding hydrogens is 300 g/mol. The molecule has 0 aliphatic carbocycles. The highest BCUT2D eigenvalue weighted by Gasteiger charge is 2.12. The van der Waals surface area contributed by atoms with Crippen LogP contribution in [0.5, 0.6) is 0 Å². The second-order valence-corrected chi connectivity index (χ2v) is 5.66. The molecule has 3 aromatic rings. The van der Waals surface area contributed by atoms with Crippen LogP contribution in [0, 0.1) is 6.92 Å². The summed E-state index contributed by atoms with van der Waals surface area (Å²) in [5, 5.41) is 2.75. The highest BCUT2D eigenvalue weighted by atomic mass is 16.2. The summed E-state index contributed by atoms with van der Waals surface area (Å²) in [5.41, 5.74) is 2.68. The molecule has 4 nitrogen and oxygen atoms in total. The SMILES string of the molecule is Cc1ccc(Cn2cccc(C(=O)Nc3ccccc3)c2=O)cc1. The molecule has 0 fully saturated rings. The van der Waals surface area contributed by atoms with E-state index in [1.807, 2.05) is 49.4 Å². The number of anilines is 1. The van der Waals surface area contributed by atoms with Crippen LogP contribution >= 0.6 is 0 Å². The van der Waals surface area contributed by atoms with E-state index in [2.05, 4.69) is 5.32 Å². The standard InChI is InChI=1S/C20H18N2O2/c1-15-9-11-16(12-10-15)14-22-13-5-8-18(20(22)24)19(23)21-17-6-3-2-4-7-17/h2-13H,14H2,1H3,(H,21,23). The van der Waals surface area contributed by atoms with Crippen LogP contribution in [-0.2, 0) is 6.54 Å². The Hall–Kier alpha value is -3.14. The predicted octanol–water partition coefficient (Wildman–Crippen LogP) is 3.46. The van der Waals surface area contributed by atoms with Gasteiger partial charge in [-0.2, -0.15) is 0 Å². The number of aromatic nitrogens is 1. The minimum Gasteiger partial charge on any atom is -0.322 e. The number of carbonyl (C=O) groups excluding carboxylic acids is 1. The molecule has 4 heteroatoms. The first-order valence-electron chi connectivity index (χ1n) is 7.75. The van der Waals surface area contributed by atoms with Gasteiger partial charge in [-0.25, -0.2) is 0 Å². The van der Waals surface area contributed by atoms with E-state index in [9.17, 15) is 9.59 Å². The Balaban J connectivity index is 1.84. The van der Waals surface area contributed by atoms with Gasteiger partial charge in [-0.3, -0.25) is 9.59 Å². The van der Waals surface area contributed by atoms with Gasteiger partial charge in [0.15, 0.2) is 0 Å². The lowest BCUT2D eigenvalue weighted by molar-refractivity contribution is 0.102. The molecule has 0 aliphatic heterocycles. The zero-order chi connectivity index (χ0) is 16.9. The first kappa shape index (κ1) is 15.7. The van der Waals surface area contributed by atoms with E-state index in [0.717, 1.165) is 5.56 Å². The van der Waals surface area contributed by atoms with Crippen LogP contribution in [-0.4, -0.2) is 10.5 Å². The van der Waals surface area contributed by atoms with Crippen molar-refractivity contribution >= 4 is 11.6 Å². The van der Waals surface area contributed by atoms with Crippen LogP contribution in [0.2, 0.25) is 0 Å². The summed E-state index contributed by atoms with van der Waals surface area (Å²) in [4.78, 5) is 24.9. The number of amides is 1. The Morgan fingerprint density at radius 3 is 2.38 bits per heavy atom. The van der Waals surface area contributed by atoms with Gasteiger partial charge in [0.05, 0.1) is 6.54 Å². The fourth-order valence-electron chi connectivity index (χ4n) is 2.44. The molecule has 0 saturated carbocycles. The maximum atomic E-state index is 12.6. The van der Waals surface area contributed by atoms with Gasteiger partial charge in [0.1, 0.15) is 5.56 Å². The molecule has 0 saturated heterocycles. The number of nitrogens with zero attached hydrogens (tertiary/aromatic N) is 1. The summed E-state index contributed by atoms with van der Waals surface area (Å²) in [5.74, 6) is -0.399. The van der Waals surface area contributed by atoms with E-state index >= 15 is 0 Å². The predicted molar refractivity (Wildman–Crippen MR) is 95.4 cm³/mol. The van der Waals surface area contributed by atoms with Crippen molar-refractivity contribution < 1.29 is 4.79 Å². The molecule has 1 amide bonds. The third kappa shape index (κ3) is 3.60. The van der Waals surface area contributed by atoms with Crippen molar-refractivity contribution in [3.05, 3.63) is 100.0 Å². The minimum atomic E-state index is -0.399. The molecule has 1 N–H and O–H groups in total. The summed E-state index contributed by atoms with van der Waals surface area (Å²) < 4.78 is 1.55. The third-order valence-corrected chi connectivity index (χ3v) is 3.77. The van der Waals surface area contributed by atoms with Crippen molar-refractivity contribution in [2.75, 3.05) is 5.32 Å². The molecule has 0 bridgehead atoms. The Bertz CT molecular complexity index is 897. The Morgan fingerprint density at radius 2 is 1.67 bits per heavy atom. The second kappa shape index (κ2) is 6.96. The van der Waals surface area contributed by atoms with E-state index in [1.165, 1.54) is 5.56 Å². The fourth-order valence-corrected chi connectivity index (χ4v) is 2.44. The Labute approximate surface area is 140 Å². The van der Waals surface area contributed by atoms with Crippen molar-refractivity contribution in [2.24, 2.45) is 0 Å². The van der Waals surface area contributed by atoms with Gasteiger partial charge >= 0.3 is 0 Å². The molecule has 2 aromatic carbocycles. The molecule has 3 rings (SSSR count). The zero-order valence-electron chi connectivity index (χ0n) is 13.4. The molecule has 1 heterocycles. The number of carbonyl (C=O) groups is 1. The lowest BCUT2D eigenvalue weighted by Gasteiger charge is -2.09. The number of hydrogen-bond acceptors (Lipinski definition) is 2. The molecule has 0 radical (unpaired) electrons. The molecule has 0 unspecified atom stereocenters. The Kier molecular flexibility index (Phi) is 4.57. The van der Waals surface area contributed by atoms with Gasteiger partial charge in [0.25, 0.3) is 11.5 Å². The molecule has 24 heavy (non-hydrogen) atoms. The van der Waals surface area contributed by atoms with E-state index in [-0.39, 0.29) is 11.1 Å². The van der Waals surface area contributed by atoms with Gasteiger partial charge in [0.2, 0.25) is 0 Å². The number of rotatable bonds is 4. The lowest BCUT2D eigenvalue weighted by Crippen LogP contribution is -2.29. The van der Waals surface area contributed by atoms with Crippen LogP contribution in [0.4, 0.5) is 5.69 Å². The molecule has 0 atom stereocenters. The number of benzene rings is 2. The average Bonchev–Trinajstić information content (AvgIpc) is 2.59. The first-order chi connectivity index (χ1) is 11.6. The van der Waals surface area contributed by atoms with Crippen molar-refractivity contribution in [1.29, 1.82) is 0 Å². The summed E-state index contributed by atoms with van der Waals surface area (Å²) in [7, 11) is 0. The van der Waals surface area contributed by atoms with Gasteiger partial charge < -0.3 is 9.88 Å². The summed E-state index contributed by atoms with van der Waals surface area (Å²) >= 11 is 0. The fraction of sp³-hybridized carbons (Fsp3) is 0.100. The van der Waals surface area contributed by atoms with Crippen LogP contribution < -0.4 is 10.9 Å². The van der Waals surface area contributed by atoms with Gasteiger partial charge in [0, 0.05) is 11.9 Å². The molecule has 1 aromatic heterocycles. The van der Waals surface area contributed by atoms with Crippen molar-refractivity contribution in [3.8, 4) is 0 Å². The minimum absolute atomic E-state index is 0.133. The maximum Gasteiger partial charge on any atom is 0.263 e. The summed E-state index contributed by atoms with van der Waals surface area (Å²) in [6, 6.07) is 20.3. The highest BCUT2D eigenvalue weighted by Crippen LogP contribution is 2.08. The number of nitrogens with one attached hydrogen (secondary N) is 1. The van der Waals surface area contributed by atoms with Crippen LogP contribution in [0.3, 0.4) is 0 Å². The van der Waals surface area contributed by atoms with Gasteiger partial charge in [-0.15, -0.1) is 0 Å². The number of hydrogen-bond donors (Lipinski definition) is 1. The summed E-state index contributed by atoms with van der Waals surface area (Å²) in [6.07, 6.45) is 1.70. The highest BCUT2D eigenvalue weighted by molar-refractivity contribution is 6.03. The van der Waals surface area contributed by atoms with Crippen LogP contribution in [0.1, 0.15) is 21.5 Å². The van der Waals surface area contributed by atoms with E-state index < -0.39 is 5.91 Å². The lowest BCUT2D eigenvalue weighted by atomic mass is 10.1. The average molecular weight is 318 g/mol. The Morgan fingerprint density at radius 1 is 0.958 bits per heavy atom. The number of para-hydroxylation sites is 1. The monoisotopic (exact) mass is 318 g/mol. The van der Waals surface area contributed by atoms with Crippen molar-refractivity contribution in [3.63, 3.8) is 0 Å². The van der Waals surface area contributed by atoms with Gasteiger partial charge in [-0.05, 0) is 36.8 Å². The van der Waals surface area contributed by atoms with Crippen molar-refractivity contribution in [1.82, 2.24) is 4.57 Å². The smallest absolute Gasteiger partial charge is 0.263 e. The largest absolute Gasteiger partial charge is 0.322 e. The normalized spacial score (nSPS) is 10.4. The van der Waals surface area contributed by atoms with E-state index in [0.29, 0.717) is 12.2 Å². The number of aryl methyl sites for hydroxylation is 1. The molecule has 120 valence electrons. The molecular formula is C20H18N2O2. The van der Waals surface area contributed by atoms with E-state index in [4.69, 9.17) is 0 Å². The van der Waals surface area contributed by atoms with Crippen molar-refractivity contribution in [2.45, 2.75) is 13.5 Å². The van der Waals surface area contributed by atoms with E-state index in [1.54, 1.807) is 35.0 Å². The maximum absolute atomic E-state index is 12.6. The van der Waals surface area contributed by atoms with Crippen LogP contribution in [0.15, 0.2) is 77.7 Å². The quantitative estimate of drug-likeness (QED) is 0.801. The summed E-state index contributed by atoms with van der Waals surface area (Å²) in [6.45, 7) is 2.45. The van der Waals surface area contributed by atoms with Gasteiger partial charge in [-0.1, -0.05) is 48.0 Å². The topological polar surface area (TPSA) is 51.1 Å². The molecule has 0 aliphatic rings. The second-order valence-electron chi connectivity index (χ2n) is 5.66. The molecule has 0 spiro atoms. The zero-order valence-corrected chi connectivity index (χ0v) is 13.4.